The van der Waals surface area contributed by atoms with E-state index in [1.165, 1.54) is 6.20 Å². The first-order valence-corrected chi connectivity index (χ1v) is 11.2. The van der Waals surface area contributed by atoms with Gasteiger partial charge in [0.15, 0.2) is 0 Å². The zero-order valence-corrected chi connectivity index (χ0v) is 19.8. The van der Waals surface area contributed by atoms with E-state index in [9.17, 15) is 9.59 Å². The van der Waals surface area contributed by atoms with Crippen molar-refractivity contribution in [3.05, 3.63) is 108 Å². The molecule has 35 heavy (non-hydrogen) atoms. The van der Waals surface area contributed by atoms with E-state index in [4.69, 9.17) is 9.47 Å². The Morgan fingerprint density at radius 1 is 0.771 bits per heavy atom. The lowest BCUT2D eigenvalue weighted by molar-refractivity contribution is 0.00707. The number of nitrogens with zero attached hydrogens (tertiary/aromatic N) is 1. The Hall–Kier alpha value is -4.45. The number of aromatic nitrogens is 1. The van der Waals surface area contributed by atoms with Gasteiger partial charge in [-0.2, -0.15) is 0 Å². The molecule has 6 heteroatoms. The minimum atomic E-state index is -0.689. The summed E-state index contributed by atoms with van der Waals surface area (Å²) in [5, 5.41) is 2.84. The van der Waals surface area contributed by atoms with Crippen molar-refractivity contribution < 1.29 is 19.1 Å². The molecule has 0 saturated carbocycles. The molecule has 4 rings (SSSR count). The van der Waals surface area contributed by atoms with E-state index in [-0.39, 0.29) is 11.3 Å². The quantitative estimate of drug-likeness (QED) is 0.318. The number of rotatable bonds is 6. The monoisotopic (exact) mass is 466 g/mol. The molecule has 176 valence electrons. The first kappa shape index (κ1) is 23.7. The van der Waals surface area contributed by atoms with Gasteiger partial charge in [-0.3, -0.25) is 9.78 Å². The zero-order chi connectivity index (χ0) is 24.8. The highest BCUT2D eigenvalue weighted by atomic mass is 16.6. The number of carbonyl (C=O) groups is 2. The number of pyridine rings is 1. The Morgan fingerprint density at radius 2 is 1.46 bits per heavy atom. The van der Waals surface area contributed by atoms with Crippen LogP contribution in [-0.2, 0) is 4.74 Å². The van der Waals surface area contributed by atoms with E-state index in [1.807, 2.05) is 60.7 Å². The molecule has 1 amide bonds. The van der Waals surface area contributed by atoms with E-state index in [2.05, 4.69) is 10.3 Å². The summed E-state index contributed by atoms with van der Waals surface area (Å²) in [6.07, 6.45) is 3.19. The van der Waals surface area contributed by atoms with Gasteiger partial charge < -0.3 is 14.8 Å². The topological polar surface area (TPSA) is 77.5 Å². The molecular formula is C29H26N2O4. The van der Waals surface area contributed by atoms with Crippen molar-refractivity contribution in [1.82, 2.24) is 4.98 Å². The van der Waals surface area contributed by atoms with Gasteiger partial charge in [0.05, 0.1) is 16.8 Å². The van der Waals surface area contributed by atoms with Crippen molar-refractivity contribution in [3.63, 3.8) is 0 Å². The highest BCUT2D eigenvalue weighted by Crippen LogP contribution is 2.29. The zero-order valence-electron chi connectivity index (χ0n) is 19.8. The fourth-order valence-electron chi connectivity index (χ4n) is 3.37. The Morgan fingerprint density at radius 3 is 2.14 bits per heavy atom. The molecule has 0 spiro atoms. The van der Waals surface area contributed by atoms with Crippen LogP contribution in [-0.4, -0.2) is 22.5 Å². The number of carbonyl (C=O) groups excluding carboxylic acids is 2. The molecule has 0 aliphatic carbocycles. The van der Waals surface area contributed by atoms with Gasteiger partial charge in [0.25, 0.3) is 5.91 Å². The Balaban J connectivity index is 1.65. The van der Waals surface area contributed by atoms with Gasteiger partial charge in [0, 0.05) is 24.0 Å². The van der Waals surface area contributed by atoms with Crippen LogP contribution in [0.2, 0.25) is 0 Å². The summed E-state index contributed by atoms with van der Waals surface area (Å²) in [4.78, 5) is 30.3. The smallest absolute Gasteiger partial charge is 0.340 e. The fraction of sp³-hybridized carbons (Fsp3) is 0.138. The first-order valence-electron chi connectivity index (χ1n) is 11.2. The predicted octanol–water partition coefficient (Wildman–Crippen LogP) is 6.75. The second-order valence-electron chi connectivity index (χ2n) is 8.91. The van der Waals surface area contributed by atoms with Crippen molar-refractivity contribution >= 4 is 17.6 Å². The molecule has 1 aromatic heterocycles. The van der Waals surface area contributed by atoms with Crippen LogP contribution in [0.5, 0.6) is 11.5 Å². The highest BCUT2D eigenvalue weighted by Gasteiger charge is 2.22. The Labute approximate surface area is 204 Å². The number of hydrogen-bond donors (Lipinski definition) is 1. The lowest BCUT2D eigenvalue weighted by atomic mass is 10.1. The van der Waals surface area contributed by atoms with Crippen molar-refractivity contribution in [2.45, 2.75) is 26.4 Å². The summed E-state index contributed by atoms with van der Waals surface area (Å²) in [7, 11) is 0. The molecule has 3 aromatic carbocycles. The predicted molar refractivity (Wildman–Crippen MR) is 136 cm³/mol. The summed E-state index contributed by atoms with van der Waals surface area (Å²) in [5.41, 5.74) is 1.93. The summed E-state index contributed by atoms with van der Waals surface area (Å²) in [5.74, 6) is 0.150. The Kier molecular flexibility index (Phi) is 6.92. The van der Waals surface area contributed by atoms with Crippen LogP contribution < -0.4 is 10.1 Å². The molecule has 0 aliphatic heterocycles. The average Bonchev–Trinajstić information content (AvgIpc) is 2.84. The number of nitrogens with one attached hydrogen (secondary N) is 1. The molecule has 4 aromatic rings. The molecule has 6 nitrogen and oxygen atoms in total. The van der Waals surface area contributed by atoms with Crippen molar-refractivity contribution in [2.24, 2.45) is 0 Å². The standard InChI is InChI=1S/C29H26N2O4/c1-29(2,3)35-28(33)25-15-14-24(34-23-12-8-5-9-13-23)17-26(25)31-27(32)22-16-21(18-30-19-22)20-10-6-4-7-11-20/h4-19H,1-3H3,(H,31,32). The molecule has 0 fully saturated rings. The van der Waals surface area contributed by atoms with E-state index in [0.29, 0.717) is 17.1 Å². The lowest BCUT2D eigenvalue weighted by Gasteiger charge is -2.21. The van der Waals surface area contributed by atoms with Gasteiger partial charge in [-0.1, -0.05) is 48.5 Å². The molecular weight excluding hydrogens is 440 g/mol. The molecule has 0 bridgehead atoms. The maximum absolute atomic E-state index is 13.2. The number of esters is 1. The highest BCUT2D eigenvalue weighted by molar-refractivity contribution is 6.08. The molecule has 0 radical (unpaired) electrons. The van der Waals surface area contributed by atoms with Crippen LogP contribution in [0.3, 0.4) is 0 Å². The minimum Gasteiger partial charge on any atom is -0.457 e. The normalized spacial score (nSPS) is 10.9. The van der Waals surface area contributed by atoms with Crippen molar-refractivity contribution in [3.8, 4) is 22.6 Å². The van der Waals surface area contributed by atoms with E-state index < -0.39 is 17.5 Å². The molecule has 1 heterocycles. The van der Waals surface area contributed by atoms with Crippen LogP contribution >= 0.6 is 0 Å². The second-order valence-corrected chi connectivity index (χ2v) is 8.91. The fourth-order valence-corrected chi connectivity index (χ4v) is 3.37. The number of anilines is 1. The van der Waals surface area contributed by atoms with Crippen LogP contribution in [0.25, 0.3) is 11.1 Å². The van der Waals surface area contributed by atoms with Crippen LogP contribution in [0, 0.1) is 0 Å². The third kappa shape index (κ3) is 6.32. The first-order chi connectivity index (χ1) is 16.8. The summed E-state index contributed by atoms with van der Waals surface area (Å²) in [6, 6.07) is 25.5. The average molecular weight is 467 g/mol. The van der Waals surface area contributed by atoms with Crippen LogP contribution in [0.1, 0.15) is 41.5 Å². The van der Waals surface area contributed by atoms with E-state index >= 15 is 0 Å². The van der Waals surface area contributed by atoms with Crippen LogP contribution in [0.15, 0.2) is 97.3 Å². The minimum absolute atomic E-state index is 0.223. The van der Waals surface area contributed by atoms with E-state index in [0.717, 1.165) is 11.1 Å². The maximum Gasteiger partial charge on any atom is 0.340 e. The van der Waals surface area contributed by atoms with E-state index in [1.54, 1.807) is 51.2 Å². The molecule has 1 N–H and O–H groups in total. The second kappa shape index (κ2) is 10.2. The molecule has 0 saturated heterocycles. The molecule has 0 unspecified atom stereocenters. The maximum atomic E-state index is 13.2. The summed E-state index contributed by atoms with van der Waals surface area (Å²) in [6.45, 7) is 5.37. The third-order valence-corrected chi connectivity index (χ3v) is 4.94. The number of ether oxygens (including phenoxy) is 2. The molecule has 0 atom stereocenters. The number of amides is 1. The van der Waals surface area contributed by atoms with Gasteiger partial charge >= 0.3 is 5.97 Å². The largest absolute Gasteiger partial charge is 0.457 e. The number of para-hydroxylation sites is 1. The SMILES string of the molecule is CC(C)(C)OC(=O)c1ccc(Oc2ccccc2)cc1NC(=O)c1cncc(-c2ccccc2)c1. The third-order valence-electron chi connectivity index (χ3n) is 4.94. The number of hydrogen-bond acceptors (Lipinski definition) is 5. The van der Waals surface area contributed by atoms with Gasteiger partial charge in [-0.25, -0.2) is 4.79 Å². The van der Waals surface area contributed by atoms with Crippen molar-refractivity contribution in [1.29, 1.82) is 0 Å². The lowest BCUT2D eigenvalue weighted by Crippen LogP contribution is -2.25. The Bertz CT molecular complexity index is 1330. The van der Waals surface area contributed by atoms with Crippen molar-refractivity contribution in [2.75, 3.05) is 5.32 Å². The van der Waals surface area contributed by atoms with Crippen LogP contribution in [0.4, 0.5) is 5.69 Å². The van der Waals surface area contributed by atoms with Gasteiger partial charge in [-0.15, -0.1) is 0 Å². The summed E-state index contributed by atoms with van der Waals surface area (Å²) < 4.78 is 11.4. The summed E-state index contributed by atoms with van der Waals surface area (Å²) >= 11 is 0. The van der Waals surface area contributed by atoms with Gasteiger partial charge in [0.2, 0.25) is 0 Å². The number of benzene rings is 3. The van der Waals surface area contributed by atoms with Gasteiger partial charge in [0.1, 0.15) is 17.1 Å². The molecule has 0 aliphatic rings. The van der Waals surface area contributed by atoms with Gasteiger partial charge in [-0.05, 0) is 56.7 Å².